The number of piperidine rings is 1. The van der Waals surface area contributed by atoms with Gasteiger partial charge in [-0.1, -0.05) is 6.92 Å². The maximum Gasteiger partial charge on any atom is 0.141 e. The molecule has 0 aliphatic carbocycles. The van der Waals surface area contributed by atoms with E-state index in [-0.39, 0.29) is 5.54 Å². The molecule has 1 fully saturated rings. The van der Waals surface area contributed by atoms with Crippen molar-refractivity contribution in [3.63, 3.8) is 0 Å². The number of imidazole rings is 1. The molecule has 0 amide bonds. The van der Waals surface area contributed by atoms with E-state index in [0.717, 1.165) is 25.5 Å². The van der Waals surface area contributed by atoms with Crippen LogP contribution in [-0.4, -0.2) is 42.3 Å². The number of rotatable bonds is 3. The minimum absolute atomic E-state index is 0.0291. The molecular weight excluding hydrogens is 276 g/mol. The smallest absolute Gasteiger partial charge is 0.141 e. The topological polar surface area (TPSA) is 51.8 Å². The summed E-state index contributed by atoms with van der Waals surface area (Å²) < 4.78 is 4.28. The molecule has 120 valence electrons. The van der Waals surface area contributed by atoms with Crippen molar-refractivity contribution in [1.82, 2.24) is 29.2 Å². The van der Waals surface area contributed by atoms with Gasteiger partial charge in [-0.25, -0.2) is 14.6 Å². The third-order valence-corrected chi connectivity index (χ3v) is 4.53. The van der Waals surface area contributed by atoms with Crippen molar-refractivity contribution < 1.29 is 0 Å². The van der Waals surface area contributed by atoms with Crippen LogP contribution in [0.3, 0.4) is 0 Å². The molecule has 3 heterocycles. The maximum absolute atomic E-state index is 4.47. The normalized spacial score (nSPS) is 23.8. The summed E-state index contributed by atoms with van der Waals surface area (Å²) in [6.45, 7) is 11.8. The van der Waals surface area contributed by atoms with E-state index in [4.69, 9.17) is 0 Å². The molecule has 0 spiro atoms. The minimum Gasteiger partial charge on any atom is -0.333 e. The van der Waals surface area contributed by atoms with E-state index in [1.165, 1.54) is 6.42 Å². The van der Waals surface area contributed by atoms with Gasteiger partial charge in [-0.3, -0.25) is 4.90 Å². The molecule has 1 saturated heterocycles. The van der Waals surface area contributed by atoms with Crippen LogP contribution in [0.15, 0.2) is 25.0 Å². The summed E-state index contributed by atoms with van der Waals surface area (Å²) in [5.41, 5.74) is -0.0291. The van der Waals surface area contributed by atoms with Crippen molar-refractivity contribution in [1.29, 1.82) is 0 Å². The Hall–Kier alpha value is -1.69. The first kappa shape index (κ1) is 15.2. The molecule has 2 aromatic heterocycles. The van der Waals surface area contributed by atoms with Crippen LogP contribution in [0.1, 0.15) is 46.0 Å². The minimum atomic E-state index is -0.0291. The number of hydrogen-bond acceptors (Lipinski definition) is 4. The summed E-state index contributed by atoms with van der Waals surface area (Å²) in [6.07, 6.45) is 8.74. The van der Waals surface area contributed by atoms with E-state index >= 15 is 0 Å². The van der Waals surface area contributed by atoms with Crippen LogP contribution in [0.2, 0.25) is 0 Å². The molecule has 0 bridgehead atoms. The molecule has 1 aliphatic rings. The third-order valence-electron chi connectivity index (χ3n) is 4.53. The lowest BCUT2D eigenvalue weighted by atomic mass is 9.93. The Kier molecular flexibility index (Phi) is 4.04. The second-order valence-corrected chi connectivity index (χ2v) is 7.34. The fourth-order valence-corrected chi connectivity index (χ4v) is 3.25. The molecular formula is C16H26N6. The Morgan fingerprint density at radius 3 is 2.82 bits per heavy atom. The van der Waals surface area contributed by atoms with Crippen molar-refractivity contribution in [2.45, 2.75) is 52.2 Å². The van der Waals surface area contributed by atoms with Crippen LogP contribution < -0.4 is 0 Å². The van der Waals surface area contributed by atoms with Gasteiger partial charge in [-0.15, -0.1) is 0 Å². The molecule has 6 nitrogen and oxygen atoms in total. The van der Waals surface area contributed by atoms with Gasteiger partial charge in [0.25, 0.3) is 0 Å². The molecule has 0 radical (unpaired) electrons. The Bertz CT molecular complexity index is 594. The average molecular weight is 302 g/mol. The van der Waals surface area contributed by atoms with Gasteiger partial charge in [0.05, 0.1) is 18.4 Å². The summed E-state index contributed by atoms with van der Waals surface area (Å²) in [4.78, 5) is 11.2. The van der Waals surface area contributed by atoms with Crippen LogP contribution >= 0.6 is 0 Å². The quantitative estimate of drug-likeness (QED) is 0.873. The zero-order chi connectivity index (χ0) is 15.7. The third kappa shape index (κ3) is 3.06. The van der Waals surface area contributed by atoms with Crippen LogP contribution in [0.4, 0.5) is 0 Å². The Labute approximate surface area is 132 Å². The lowest BCUT2D eigenvalue weighted by Crippen LogP contribution is -2.41. The fraction of sp³-hybridized carbons (Fsp3) is 0.688. The molecule has 2 atom stereocenters. The predicted molar refractivity (Wildman–Crippen MR) is 85.3 cm³/mol. The Morgan fingerprint density at radius 2 is 2.14 bits per heavy atom. The molecule has 1 aliphatic heterocycles. The van der Waals surface area contributed by atoms with Crippen LogP contribution in [0, 0.1) is 5.92 Å². The molecule has 0 saturated carbocycles. The molecule has 2 aromatic rings. The summed E-state index contributed by atoms with van der Waals surface area (Å²) in [6, 6.07) is 0.488. The molecule has 0 aromatic carbocycles. The summed E-state index contributed by atoms with van der Waals surface area (Å²) in [5.74, 6) is 1.72. The highest BCUT2D eigenvalue weighted by Gasteiger charge is 2.29. The predicted octanol–water partition coefficient (Wildman–Crippen LogP) is 2.31. The second kappa shape index (κ2) is 5.83. The number of nitrogens with zero attached hydrogens (tertiary/aromatic N) is 6. The van der Waals surface area contributed by atoms with Crippen molar-refractivity contribution in [2.75, 3.05) is 13.1 Å². The number of likely N-dealkylation sites (tertiary alicyclic amines) is 1. The highest BCUT2D eigenvalue weighted by Crippen LogP contribution is 2.28. The van der Waals surface area contributed by atoms with E-state index in [0.29, 0.717) is 12.0 Å². The van der Waals surface area contributed by atoms with Crippen molar-refractivity contribution in [3.05, 3.63) is 30.9 Å². The van der Waals surface area contributed by atoms with Gasteiger partial charge in [-0.2, -0.15) is 5.10 Å². The molecule has 0 N–H and O–H groups in total. The highest BCUT2D eigenvalue weighted by molar-refractivity contribution is 4.93. The van der Waals surface area contributed by atoms with Crippen LogP contribution in [0.25, 0.3) is 0 Å². The highest BCUT2D eigenvalue weighted by atomic mass is 15.4. The van der Waals surface area contributed by atoms with Crippen molar-refractivity contribution in [2.24, 2.45) is 5.92 Å². The molecule has 6 heteroatoms. The van der Waals surface area contributed by atoms with E-state index in [1.807, 2.05) is 17.2 Å². The lowest BCUT2D eigenvalue weighted by molar-refractivity contribution is 0.120. The van der Waals surface area contributed by atoms with Crippen LogP contribution in [0.5, 0.6) is 0 Å². The standard InChI is InChI=1S/C16H26N6/c1-13-5-7-20(9-14(13)21-8-6-17-12-21)10-15-18-11-19-22(15)16(2,3)4/h6,8,11-14H,5,7,9-10H2,1-4H3. The van der Waals surface area contributed by atoms with Gasteiger partial charge in [0, 0.05) is 25.0 Å². The van der Waals surface area contributed by atoms with Crippen LogP contribution in [-0.2, 0) is 12.1 Å². The first-order valence-electron chi connectivity index (χ1n) is 8.04. The molecule has 2 unspecified atom stereocenters. The summed E-state index contributed by atoms with van der Waals surface area (Å²) in [5, 5.41) is 4.40. The Morgan fingerprint density at radius 1 is 1.32 bits per heavy atom. The van der Waals surface area contributed by atoms with Crippen molar-refractivity contribution in [3.8, 4) is 0 Å². The van der Waals surface area contributed by atoms with Gasteiger partial charge in [0.1, 0.15) is 12.2 Å². The maximum atomic E-state index is 4.47. The lowest BCUT2D eigenvalue weighted by Gasteiger charge is -2.37. The average Bonchev–Trinajstić information content (AvgIpc) is 3.11. The largest absolute Gasteiger partial charge is 0.333 e. The molecule has 3 rings (SSSR count). The first-order chi connectivity index (χ1) is 10.4. The Balaban J connectivity index is 1.73. The first-order valence-corrected chi connectivity index (χ1v) is 8.04. The van der Waals surface area contributed by atoms with E-state index in [1.54, 1.807) is 6.33 Å². The number of hydrogen-bond donors (Lipinski definition) is 0. The summed E-state index contributed by atoms with van der Waals surface area (Å²) >= 11 is 0. The fourth-order valence-electron chi connectivity index (χ4n) is 3.25. The van der Waals surface area contributed by atoms with E-state index in [2.05, 4.69) is 58.4 Å². The monoisotopic (exact) mass is 302 g/mol. The van der Waals surface area contributed by atoms with Gasteiger partial charge in [0.15, 0.2) is 0 Å². The van der Waals surface area contributed by atoms with E-state index < -0.39 is 0 Å². The van der Waals surface area contributed by atoms with Crippen molar-refractivity contribution >= 4 is 0 Å². The zero-order valence-electron chi connectivity index (χ0n) is 14.0. The zero-order valence-corrected chi connectivity index (χ0v) is 14.0. The SMILES string of the molecule is CC1CCN(Cc2ncnn2C(C)(C)C)CC1n1ccnc1. The number of aromatic nitrogens is 5. The van der Waals surface area contributed by atoms with Gasteiger partial charge in [-0.05, 0) is 39.7 Å². The summed E-state index contributed by atoms with van der Waals surface area (Å²) in [7, 11) is 0. The van der Waals surface area contributed by atoms with Gasteiger partial charge < -0.3 is 4.57 Å². The van der Waals surface area contributed by atoms with Gasteiger partial charge in [0.2, 0.25) is 0 Å². The molecule has 22 heavy (non-hydrogen) atoms. The van der Waals surface area contributed by atoms with E-state index in [9.17, 15) is 0 Å². The second-order valence-electron chi connectivity index (χ2n) is 7.34. The van der Waals surface area contributed by atoms with Gasteiger partial charge >= 0.3 is 0 Å².